The zero-order chi connectivity index (χ0) is 16.1. The third-order valence-electron chi connectivity index (χ3n) is 2.86. The van der Waals surface area contributed by atoms with Crippen molar-refractivity contribution in [3.63, 3.8) is 0 Å². The van der Waals surface area contributed by atoms with E-state index in [-0.39, 0.29) is 6.79 Å². The Morgan fingerprint density at radius 3 is 2.95 bits per heavy atom. The number of carbonyl (C=O) groups excluding carboxylic acids is 2. The predicted molar refractivity (Wildman–Crippen MR) is 77.6 cm³/mol. The molecule has 0 aliphatic carbocycles. The van der Waals surface area contributed by atoms with Crippen LogP contribution in [0.5, 0.6) is 11.5 Å². The van der Waals surface area contributed by atoms with Crippen LogP contribution < -0.4 is 14.8 Å². The molecule has 0 saturated heterocycles. The topological polar surface area (TPSA) is 94.1 Å². The molecule has 0 aromatic heterocycles. The monoisotopic (exact) mass is 327 g/mol. The van der Waals surface area contributed by atoms with E-state index in [0.29, 0.717) is 22.1 Å². The van der Waals surface area contributed by atoms with Crippen molar-refractivity contribution in [3.05, 3.63) is 28.8 Å². The molecule has 1 amide bonds. The second-order valence-corrected chi connectivity index (χ2v) is 4.74. The van der Waals surface area contributed by atoms with Gasteiger partial charge >= 0.3 is 5.97 Å². The maximum atomic E-state index is 11.7. The van der Waals surface area contributed by atoms with Crippen molar-refractivity contribution in [1.29, 1.82) is 0 Å². The van der Waals surface area contributed by atoms with Gasteiger partial charge < -0.3 is 24.6 Å². The third kappa shape index (κ3) is 3.69. The van der Waals surface area contributed by atoms with Gasteiger partial charge in [0.1, 0.15) is 0 Å². The van der Waals surface area contributed by atoms with Crippen LogP contribution in [0.2, 0.25) is 5.02 Å². The van der Waals surface area contributed by atoms with Crippen LogP contribution in [0.25, 0.3) is 6.08 Å². The molecule has 1 aromatic rings. The summed E-state index contributed by atoms with van der Waals surface area (Å²) >= 11 is 6.02. The lowest BCUT2D eigenvalue weighted by Crippen LogP contribution is -2.43. The molecule has 2 N–H and O–H groups in total. The van der Waals surface area contributed by atoms with E-state index < -0.39 is 24.5 Å². The standard InChI is InChI=1S/C14H14ClNO6/c1-20-14(19)10(6-17)16-12(18)3-2-8-4-9(15)13-11(5-8)21-7-22-13/h2-5,10,17H,6-7H2,1H3,(H,16,18)/b3-2+/t10-/m0/s1. The van der Waals surface area contributed by atoms with Crippen LogP contribution in [0, 0.1) is 0 Å². The van der Waals surface area contributed by atoms with Crippen molar-refractivity contribution in [2.75, 3.05) is 20.5 Å². The van der Waals surface area contributed by atoms with Gasteiger partial charge in [0, 0.05) is 6.08 Å². The van der Waals surface area contributed by atoms with Crippen molar-refractivity contribution in [2.45, 2.75) is 6.04 Å². The first-order valence-corrected chi connectivity index (χ1v) is 6.69. The molecule has 1 aromatic carbocycles. The Kier molecular flexibility index (Phi) is 5.24. The molecule has 1 aliphatic rings. The van der Waals surface area contributed by atoms with Gasteiger partial charge in [-0.05, 0) is 23.8 Å². The average Bonchev–Trinajstić information content (AvgIpc) is 2.98. The summed E-state index contributed by atoms with van der Waals surface area (Å²) in [4.78, 5) is 23.0. The van der Waals surface area contributed by atoms with Crippen LogP contribution in [-0.4, -0.2) is 43.5 Å². The molecule has 8 heteroatoms. The Morgan fingerprint density at radius 2 is 2.27 bits per heavy atom. The molecule has 1 atom stereocenters. The van der Waals surface area contributed by atoms with Crippen molar-refractivity contribution < 1.29 is 28.9 Å². The first-order chi connectivity index (χ1) is 10.5. The molecule has 1 heterocycles. The minimum Gasteiger partial charge on any atom is -0.467 e. The number of hydrogen-bond acceptors (Lipinski definition) is 6. The number of fused-ring (bicyclic) bond motifs is 1. The second-order valence-electron chi connectivity index (χ2n) is 4.34. The van der Waals surface area contributed by atoms with Gasteiger partial charge in [-0.3, -0.25) is 4.79 Å². The van der Waals surface area contributed by atoms with Crippen LogP contribution in [-0.2, 0) is 14.3 Å². The lowest BCUT2D eigenvalue weighted by molar-refractivity contribution is -0.145. The Morgan fingerprint density at radius 1 is 1.50 bits per heavy atom. The van der Waals surface area contributed by atoms with E-state index in [1.807, 2.05) is 0 Å². The summed E-state index contributed by atoms with van der Waals surface area (Å²) in [5, 5.41) is 11.7. The number of amides is 1. The van der Waals surface area contributed by atoms with E-state index >= 15 is 0 Å². The molecular formula is C14H14ClNO6. The molecule has 1 aliphatic heterocycles. The van der Waals surface area contributed by atoms with Crippen LogP contribution in [0.15, 0.2) is 18.2 Å². The van der Waals surface area contributed by atoms with Crippen LogP contribution in [0.4, 0.5) is 0 Å². The number of halogens is 1. The second kappa shape index (κ2) is 7.15. The largest absolute Gasteiger partial charge is 0.467 e. The summed E-state index contributed by atoms with van der Waals surface area (Å²) < 4.78 is 14.8. The molecule has 0 spiro atoms. The van der Waals surface area contributed by atoms with E-state index in [1.54, 1.807) is 12.1 Å². The molecule has 0 unspecified atom stereocenters. The summed E-state index contributed by atoms with van der Waals surface area (Å²) in [6.07, 6.45) is 2.70. The van der Waals surface area contributed by atoms with Crippen LogP contribution in [0.1, 0.15) is 5.56 Å². The summed E-state index contributed by atoms with van der Waals surface area (Å²) in [5.41, 5.74) is 0.628. The summed E-state index contributed by atoms with van der Waals surface area (Å²) in [5.74, 6) is -0.321. The minimum atomic E-state index is -1.11. The van der Waals surface area contributed by atoms with Gasteiger partial charge in [0.2, 0.25) is 12.7 Å². The van der Waals surface area contributed by atoms with Crippen LogP contribution >= 0.6 is 11.6 Å². The maximum absolute atomic E-state index is 11.7. The third-order valence-corrected chi connectivity index (χ3v) is 3.14. The Hall–Kier alpha value is -2.25. The first kappa shape index (κ1) is 16.1. The molecule has 0 saturated carbocycles. The van der Waals surface area contributed by atoms with Gasteiger partial charge in [0.05, 0.1) is 18.7 Å². The molecule has 118 valence electrons. The highest BCUT2D eigenvalue weighted by atomic mass is 35.5. The number of aliphatic hydroxyl groups excluding tert-OH is 1. The number of hydrogen-bond donors (Lipinski definition) is 2. The van der Waals surface area contributed by atoms with Gasteiger partial charge in [-0.2, -0.15) is 0 Å². The Balaban J connectivity index is 2.04. The van der Waals surface area contributed by atoms with E-state index in [1.165, 1.54) is 19.3 Å². The fourth-order valence-electron chi connectivity index (χ4n) is 1.80. The molecular weight excluding hydrogens is 314 g/mol. The van der Waals surface area contributed by atoms with E-state index in [0.717, 1.165) is 0 Å². The molecule has 7 nitrogen and oxygen atoms in total. The molecule has 2 rings (SSSR count). The van der Waals surface area contributed by atoms with Gasteiger partial charge in [0.25, 0.3) is 0 Å². The zero-order valence-corrected chi connectivity index (χ0v) is 12.4. The summed E-state index contributed by atoms with van der Waals surface area (Å²) in [6, 6.07) is 2.17. The molecule has 0 radical (unpaired) electrons. The number of esters is 1. The van der Waals surface area contributed by atoms with Crippen molar-refractivity contribution in [2.24, 2.45) is 0 Å². The smallest absolute Gasteiger partial charge is 0.330 e. The summed E-state index contributed by atoms with van der Waals surface area (Å²) in [7, 11) is 1.17. The zero-order valence-electron chi connectivity index (χ0n) is 11.7. The molecule has 0 fully saturated rings. The highest BCUT2D eigenvalue weighted by Crippen LogP contribution is 2.39. The quantitative estimate of drug-likeness (QED) is 0.611. The Labute approximate surface area is 131 Å². The SMILES string of the molecule is COC(=O)[C@H](CO)NC(=O)/C=C/c1cc(Cl)c2c(c1)OCO2. The number of rotatable bonds is 5. The maximum Gasteiger partial charge on any atom is 0.330 e. The van der Waals surface area contributed by atoms with Crippen LogP contribution in [0.3, 0.4) is 0 Å². The normalized spacial score (nSPS) is 14.0. The van der Waals surface area contributed by atoms with Gasteiger partial charge in [-0.15, -0.1) is 0 Å². The lowest BCUT2D eigenvalue weighted by Gasteiger charge is -2.11. The molecule has 22 heavy (non-hydrogen) atoms. The fraction of sp³-hybridized carbons (Fsp3) is 0.286. The number of methoxy groups -OCH3 is 1. The van der Waals surface area contributed by atoms with Crippen molar-refractivity contribution >= 4 is 29.6 Å². The highest BCUT2D eigenvalue weighted by molar-refractivity contribution is 6.32. The van der Waals surface area contributed by atoms with Gasteiger partial charge in [-0.1, -0.05) is 11.6 Å². The van der Waals surface area contributed by atoms with E-state index in [9.17, 15) is 9.59 Å². The highest BCUT2D eigenvalue weighted by Gasteiger charge is 2.20. The predicted octanol–water partition coefficient (Wildman–Crippen LogP) is 0.732. The lowest BCUT2D eigenvalue weighted by atomic mass is 10.2. The number of aliphatic hydroxyl groups is 1. The van der Waals surface area contributed by atoms with E-state index in [4.69, 9.17) is 26.2 Å². The first-order valence-electron chi connectivity index (χ1n) is 6.31. The minimum absolute atomic E-state index is 0.0972. The van der Waals surface area contributed by atoms with E-state index in [2.05, 4.69) is 10.1 Å². The number of carbonyl (C=O) groups is 2. The van der Waals surface area contributed by atoms with Crippen molar-refractivity contribution in [3.8, 4) is 11.5 Å². The van der Waals surface area contributed by atoms with Gasteiger partial charge in [-0.25, -0.2) is 4.79 Å². The number of benzene rings is 1. The van der Waals surface area contributed by atoms with Gasteiger partial charge in [0.15, 0.2) is 17.5 Å². The van der Waals surface area contributed by atoms with Crippen molar-refractivity contribution in [1.82, 2.24) is 5.32 Å². The molecule has 0 bridgehead atoms. The summed E-state index contributed by atoms with van der Waals surface area (Å²) in [6.45, 7) is -0.456. The average molecular weight is 328 g/mol. The number of ether oxygens (including phenoxy) is 3. The fourth-order valence-corrected chi connectivity index (χ4v) is 2.07. The Bertz CT molecular complexity index is 616. The number of nitrogens with one attached hydrogen (secondary N) is 1.